The van der Waals surface area contributed by atoms with Gasteiger partial charge in [-0.2, -0.15) is 0 Å². The molecule has 0 saturated heterocycles. The molecule has 0 aliphatic carbocycles. The summed E-state index contributed by atoms with van der Waals surface area (Å²) in [6.45, 7) is 7.86. The van der Waals surface area contributed by atoms with Crippen LogP contribution in [-0.4, -0.2) is 30.3 Å². The predicted molar refractivity (Wildman–Crippen MR) is 120 cm³/mol. The van der Waals surface area contributed by atoms with E-state index in [1.54, 1.807) is 41.8 Å². The van der Waals surface area contributed by atoms with E-state index in [1.165, 1.54) is 6.20 Å². The van der Waals surface area contributed by atoms with Crippen molar-refractivity contribution in [3.8, 4) is 5.75 Å². The average molecular weight is 461 g/mol. The van der Waals surface area contributed by atoms with Crippen molar-refractivity contribution in [1.29, 1.82) is 0 Å². The van der Waals surface area contributed by atoms with Crippen molar-refractivity contribution in [1.82, 2.24) is 9.55 Å². The van der Waals surface area contributed by atoms with Crippen molar-refractivity contribution in [3.05, 3.63) is 76.3 Å². The van der Waals surface area contributed by atoms with Gasteiger partial charge in [0.05, 0.1) is 29.6 Å². The smallest absolute Gasteiger partial charge is 0.289 e. The number of aromatic nitrogens is 2. The van der Waals surface area contributed by atoms with Crippen LogP contribution in [0.4, 0.5) is 5.69 Å². The molecule has 3 rings (SSSR count). The van der Waals surface area contributed by atoms with Gasteiger partial charge in [-0.3, -0.25) is 9.00 Å². The van der Waals surface area contributed by atoms with Crippen LogP contribution in [0.1, 0.15) is 41.3 Å². The maximum atomic E-state index is 12.9. The highest BCUT2D eigenvalue weighted by Gasteiger charge is 2.22. The maximum absolute atomic E-state index is 12.9. The number of hydrogen-bond acceptors (Lipinski definition) is 5. The molecule has 7 nitrogen and oxygen atoms in total. The molecule has 1 atom stereocenters. The van der Waals surface area contributed by atoms with E-state index in [9.17, 15) is 13.6 Å². The lowest BCUT2D eigenvalue weighted by atomic mass is 10.2. The van der Waals surface area contributed by atoms with Crippen LogP contribution in [0.25, 0.3) is 0 Å². The summed E-state index contributed by atoms with van der Waals surface area (Å²) in [6.07, 6.45) is 1.56. The van der Waals surface area contributed by atoms with E-state index < -0.39 is 17.2 Å². The fourth-order valence-electron chi connectivity index (χ4n) is 3.01. The van der Waals surface area contributed by atoms with Crippen molar-refractivity contribution >= 4 is 34.5 Å². The van der Waals surface area contributed by atoms with Crippen LogP contribution < -0.4 is 9.04 Å². The van der Waals surface area contributed by atoms with Crippen LogP contribution in [0.3, 0.4) is 0 Å². The van der Waals surface area contributed by atoms with Gasteiger partial charge < -0.3 is 13.9 Å². The molecule has 1 heterocycles. The van der Waals surface area contributed by atoms with Crippen molar-refractivity contribution in [2.45, 2.75) is 40.3 Å². The van der Waals surface area contributed by atoms with E-state index in [1.807, 2.05) is 32.9 Å². The van der Waals surface area contributed by atoms with Gasteiger partial charge in [0.15, 0.2) is 0 Å². The molecule has 164 valence electrons. The van der Waals surface area contributed by atoms with E-state index in [-0.39, 0.29) is 17.5 Å². The number of carbonyl (C=O) groups is 1. The van der Waals surface area contributed by atoms with Crippen LogP contribution >= 0.6 is 11.6 Å². The van der Waals surface area contributed by atoms with Crippen LogP contribution in [0.2, 0.25) is 5.02 Å². The number of aryl methyl sites for hydroxylation is 2. The van der Waals surface area contributed by atoms with Crippen LogP contribution in [-0.2, 0) is 17.8 Å². The minimum absolute atomic E-state index is 0.0261. The molecule has 1 amide bonds. The summed E-state index contributed by atoms with van der Waals surface area (Å²) in [7, 11) is 0. The standard InChI is InChI=1S/C22H24ClN3O4S/c1-14(2)30-19-10-7-17(20(23)11-19)12-25-13-21(24-16(25)4)22(27)26(31(28)29)18-8-5-15(3)6-9-18/h5-11,13-14H,12H2,1-4H3,(H,28,29)/p-1. The van der Waals surface area contributed by atoms with E-state index in [0.717, 1.165) is 11.1 Å². The quantitative estimate of drug-likeness (QED) is 0.487. The number of nitrogens with zero attached hydrogens (tertiary/aromatic N) is 3. The van der Waals surface area contributed by atoms with Gasteiger partial charge in [-0.25, -0.2) is 9.29 Å². The Kier molecular flexibility index (Phi) is 7.15. The minimum atomic E-state index is -2.79. The minimum Gasteiger partial charge on any atom is -0.755 e. The summed E-state index contributed by atoms with van der Waals surface area (Å²) in [5.41, 5.74) is 2.05. The molecule has 0 radical (unpaired) electrons. The number of imidazole rings is 1. The molecule has 0 aliphatic heterocycles. The van der Waals surface area contributed by atoms with Gasteiger partial charge in [-0.15, -0.1) is 0 Å². The zero-order valence-corrected chi connectivity index (χ0v) is 19.2. The van der Waals surface area contributed by atoms with E-state index in [4.69, 9.17) is 16.3 Å². The van der Waals surface area contributed by atoms with Gasteiger partial charge in [0, 0.05) is 11.2 Å². The third kappa shape index (κ3) is 5.52. The highest BCUT2D eigenvalue weighted by Crippen LogP contribution is 2.25. The van der Waals surface area contributed by atoms with Crippen molar-refractivity contribution in [2.24, 2.45) is 0 Å². The van der Waals surface area contributed by atoms with E-state index in [0.29, 0.717) is 27.4 Å². The number of halogens is 1. The second-order valence-corrected chi connectivity index (χ2v) is 8.58. The first kappa shape index (κ1) is 23.0. The highest BCUT2D eigenvalue weighted by molar-refractivity contribution is 7.81. The Morgan fingerprint density at radius 2 is 1.90 bits per heavy atom. The Bertz CT molecular complexity index is 1110. The van der Waals surface area contributed by atoms with Gasteiger partial charge >= 0.3 is 0 Å². The number of rotatable bonds is 7. The second kappa shape index (κ2) is 9.64. The predicted octanol–water partition coefficient (Wildman–Crippen LogP) is 4.43. The molecular formula is C22H23ClN3O4S-. The first-order valence-corrected chi connectivity index (χ1v) is 11.1. The Hall–Kier alpha value is -2.68. The fraction of sp³-hybridized carbons (Fsp3) is 0.273. The molecule has 0 bridgehead atoms. The summed E-state index contributed by atoms with van der Waals surface area (Å²) >= 11 is 3.61. The van der Waals surface area contributed by atoms with Crippen molar-refractivity contribution in [3.63, 3.8) is 0 Å². The van der Waals surface area contributed by atoms with Gasteiger partial charge in [-0.05, 0) is 57.5 Å². The molecule has 0 fully saturated rings. The van der Waals surface area contributed by atoms with Crippen LogP contribution in [0.5, 0.6) is 5.75 Å². The molecule has 3 aromatic rings. The zero-order valence-electron chi connectivity index (χ0n) is 17.7. The Morgan fingerprint density at radius 1 is 1.23 bits per heavy atom. The van der Waals surface area contributed by atoms with Crippen molar-refractivity contribution in [2.75, 3.05) is 4.31 Å². The lowest BCUT2D eigenvalue weighted by Gasteiger charge is -2.23. The Labute approximate surface area is 189 Å². The van der Waals surface area contributed by atoms with E-state index >= 15 is 0 Å². The third-order valence-corrected chi connectivity index (χ3v) is 5.56. The molecular weight excluding hydrogens is 438 g/mol. The third-order valence-electron chi connectivity index (χ3n) is 4.53. The van der Waals surface area contributed by atoms with Gasteiger partial charge in [0.2, 0.25) is 0 Å². The van der Waals surface area contributed by atoms with Crippen LogP contribution in [0, 0.1) is 13.8 Å². The SMILES string of the molecule is Cc1ccc(N(C(=O)c2cn(Cc3ccc(OC(C)C)cc3Cl)c(C)n2)S(=O)[O-])cc1. The number of amides is 1. The van der Waals surface area contributed by atoms with Gasteiger partial charge in [0.1, 0.15) is 17.3 Å². The van der Waals surface area contributed by atoms with Gasteiger partial charge in [-0.1, -0.05) is 35.4 Å². The summed E-state index contributed by atoms with van der Waals surface area (Å²) < 4.78 is 31.6. The van der Waals surface area contributed by atoms with Gasteiger partial charge in [0.25, 0.3) is 5.91 Å². The number of benzene rings is 2. The summed E-state index contributed by atoms with van der Waals surface area (Å²) in [5, 5.41) is 0.529. The Balaban J connectivity index is 1.85. The second-order valence-electron chi connectivity index (χ2n) is 7.37. The molecule has 31 heavy (non-hydrogen) atoms. The number of ether oxygens (including phenoxy) is 1. The molecule has 1 unspecified atom stereocenters. The largest absolute Gasteiger partial charge is 0.755 e. The molecule has 1 aromatic heterocycles. The maximum Gasteiger partial charge on any atom is 0.289 e. The average Bonchev–Trinajstić information content (AvgIpc) is 3.05. The summed E-state index contributed by atoms with van der Waals surface area (Å²) in [4.78, 5) is 17.2. The number of carbonyl (C=O) groups excluding carboxylic acids is 1. The van der Waals surface area contributed by atoms with E-state index in [2.05, 4.69) is 4.98 Å². The zero-order chi connectivity index (χ0) is 22.7. The summed E-state index contributed by atoms with van der Waals surface area (Å²) in [5.74, 6) is 0.502. The topological polar surface area (TPSA) is 87.5 Å². The molecule has 0 saturated carbocycles. The fourth-order valence-corrected chi connectivity index (χ4v) is 3.77. The lowest BCUT2D eigenvalue weighted by molar-refractivity contribution is 0.100. The molecule has 0 aliphatic rings. The number of anilines is 1. The number of hydrogen-bond donors (Lipinski definition) is 0. The summed E-state index contributed by atoms with van der Waals surface area (Å²) in [6, 6.07) is 12.1. The lowest BCUT2D eigenvalue weighted by Crippen LogP contribution is -2.32. The normalized spacial score (nSPS) is 12.1. The van der Waals surface area contributed by atoms with Crippen molar-refractivity contribution < 1.29 is 18.3 Å². The molecule has 9 heteroatoms. The molecule has 2 aromatic carbocycles. The first-order valence-electron chi connectivity index (χ1n) is 9.65. The highest BCUT2D eigenvalue weighted by atomic mass is 35.5. The molecule has 0 spiro atoms. The van der Waals surface area contributed by atoms with Crippen LogP contribution in [0.15, 0.2) is 48.7 Å². The first-order chi connectivity index (χ1) is 14.7. The molecule has 0 N–H and O–H groups in total. The monoisotopic (exact) mass is 460 g/mol. The Morgan fingerprint density at radius 3 is 2.48 bits per heavy atom.